The van der Waals surface area contributed by atoms with Gasteiger partial charge in [-0.05, 0) is 27.0 Å². The fraction of sp³-hybridized carbons (Fsp3) is 0.857. The Hall–Kier alpha value is 0.370. The predicted octanol–water partition coefficient (Wildman–Crippen LogP) is 2.47. The van der Waals surface area contributed by atoms with Crippen molar-refractivity contribution in [3.63, 3.8) is 0 Å². The lowest BCUT2D eigenvalue weighted by atomic mass is 10.4. The van der Waals surface area contributed by atoms with Crippen LogP contribution in [0.4, 0.5) is 0 Å². The standard InChI is InChI=1S/C7H15NS2/c1-6(10-4)5-8-7(2,3)9/h5-6,9H,1-4H3/b8-5+. The van der Waals surface area contributed by atoms with Gasteiger partial charge in [0.15, 0.2) is 0 Å². The molecule has 0 aromatic heterocycles. The average molecular weight is 177 g/mol. The van der Waals surface area contributed by atoms with E-state index in [4.69, 9.17) is 0 Å². The molecule has 3 heteroatoms. The lowest BCUT2D eigenvalue weighted by Gasteiger charge is -2.11. The number of hydrogen-bond acceptors (Lipinski definition) is 3. The first kappa shape index (κ1) is 10.4. The van der Waals surface area contributed by atoms with Gasteiger partial charge in [0.2, 0.25) is 0 Å². The molecule has 0 aliphatic carbocycles. The number of nitrogens with zero attached hydrogens (tertiary/aromatic N) is 1. The van der Waals surface area contributed by atoms with Crippen LogP contribution in [0, 0.1) is 0 Å². The quantitative estimate of drug-likeness (QED) is 0.516. The average Bonchev–Trinajstić information content (AvgIpc) is 1.81. The van der Waals surface area contributed by atoms with Crippen LogP contribution in [0.15, 0.2) is 4.99 Å². The maximum absolute atomic E-state index is 4.26. The summed E-state index contributed by atoms with van der Waals surface area (Å²) in [6, 6.07) is 0. The zero-order valence-electron chi connectivity index (χ0n) is 6.96. The maximum atomic E-state index is 4.26. The van der Waals surface area contributed by atoms with Crippen molar-refractivity contribution in [3.05, 3.63) is 0 Å². The molecule has 0 amide bonds. The Bertz CT molecular complexity index is 115. The first-order valence-corrected chi connectivity index (χ1v) is 5.00. The van der Waals surface area contributed by atoms with E-state index in [9.17, 15) is 0 Å². The lowest BCUT2D eigenvalue weighted by Crippen LogP contribution is -2.08. The van der Waals surface area contributed by atoms with Crippen LogP contribution in [0.3, 0.4) is 0 Å². The zero-order valence-corrected chi connectivity index (χ0v) is 8.67. The van der Waals surface area contributed by atoms with Crippen molar-refractivity contribution in [3.8, 4) is 0 Å². The van der Waals surface area contributed by atoms with Crippen LogP contribution in [0.25, 0.3) is 0 Å². The summed E-state index contributed by atoms with van der Waals surface area (Å²) in [5.41, 5.74) is 0. The Labute approximate surface area is 73.1 Å². The van der Waals surface area contributed by atoms with Crippen LogP contribution in [-0.4, -0.2) is 22.6 Å². The van der Waals surface area contributed by atoms with Crippen LogP contribution in [0.5, 0.6) is 0 Å². The SMILES string of the molecule is CSC(C)/C=N/C(C)(C)S. The third kappa shape index (κ3) is 6.49. The lowest BCUT2D eigenvalue weighted by molar-refractivity contribution is 0.771. The number of hydrogen-bond donors (Lipinski definition) is 1. The zero-order chi connectivity index (χ0) is 8.20. The molecular weight excluding hydrogens is 162 g/mol. The summed E-state index contributed by atoms with van der Waals surface area (Å²) in [5, 5.41) is 0.492. The van der Waals surface area contributed by atoms with Crippen molar-refractivity contribution in [1.29, 1.82) is 0 Å². The predicted molar refractivity (Wildman–Crippen MR) is 54.5 cm³/mol. The second kappa shape index (κ2) is 4.29. The van der Waals surface area contributed by atoms with E-state index >= 15 is 0 Å². The van der Waals surface area contributed by atoms with Crippen molar-refractivity contribution in [1.82, 2.24) is 0 Å². The normalized spacial score (nSPS) is 16.1. The molecule has 0 aromatic carbocycles. The van der Waals surface area contributed by atoms with Gasteiger partial charge in [0.05, 0.1) is 4.87 Å². The molecule has 10 heavy (non-hydrogen) atoms. The third-order valence-electron chi connectivity index (χ3n) is 0.972. The topological polar surface area (TPSA) is 12.4 Å². The van der Waals surface area contributed by atoms with Crippen LogP contribution in [0.2, 0.25) is 0 Å². The molecule has 0 fully saturated rings. The minimum Gasteiger partial charge on any atom is -0.280 e. The highest BCUT2D eigenvalue weighted by Gasteiger charge is 2.06. The van der Waals surface area contributed by atoms with E-state index in [-0.39, 0.29) is 4.87 Å². The van der Waals surface area contributed by atoms with Gasteiger partial charge in [-0.3, -0.25) is 4.99 Å². The number of aliphatic imine (C=N–C) groups is 1. The van der Waals surface area contributed by atoms with Crippen LogP contribution in [-0.2, 0) is 0 Å². The summed E-state index contributed by atoms with van der Waals surface area (Å²) >= 11 is 6.04. The van der Waals surface area contributed by atoms with E-state index in [1.165, 1.54) is 0 Å². The third-order valence-corrected chi connectivity index (χ3v) is 1.95. The summed E-state index contributed by atoms with van der Waals surface area (Å²) in [6.07, 6.45) is 4.01. The highest BCUT2D eigenvalue weighted by atomic mass is 32.2. The van der Waals surface area contributed by atoms with E-state index < -0.39 is 0 Å². The fourth-order valence-corrected chi connectivity index (χ4v) is 0.597. The van der Waals surface area contributed by atoms with Gasteiger partial charge >= 0.3 is 0 Å². The monoisotopic (exact) mass is 177 g/mol. The Morgan fingerprint density at radius 1 is 1.60 bits per heavy atom. The van der Waals surface area contributed by atoms with E-state index in [0.717, 1.165) is 0 Å². The Morgan fingerprint density at radius 3 is 2.40 bits per heavy atom. The van der Waals surface area contributed by atoms with Gasteiger partial charge in [-0.25, -0.2) is 0 Å². The minimum atomic E-state index is -0.218. The molecule has 0 rings (SSSR count). The van der Waals surface area contributed by atoms with E-state index in [0.29, 0.717) is 5.25 Å². The largest absolute Gasteiger partial charge is 0.280 e. The Morgan fingerprint density at radius 2 is 2.10 bits per heavy atom. The second-order valence-corrected chi connectivity index (χ2v) is 5.02. The van der Waals surface area contributed by atoms with Crippen LogP contribution in [0.1, 0.15) is 20.8 Å². The number of rotatable bonds is 3. The Balaban J connectivity index is 3.75. The van der Waals surface area contributed by atoms with Gasteiger partial charge < -0.3 is 0 Å². The molecule has 0 N–H and O–H groups in total. The summed E-state index contributed by atoms with van der Waals surface area (Å²) in [5.74, 6) is 0. The number of thioether (sulfide) groups is 1. The molecule has 1 nitrogen and oxygen atoms in total. The van der Waals surface area contributed by atoms with Gasteiger partial charge in [-0.1, -0.05) is 0 Å². The highest BCUT2D eigenvalue weighted by Crippen LogP contribution is 2.13. The molecule has 0 radical (unpaired) electrons. The molecule has 0 saturated heterocycles. The van der Waals surface area contributed by atoms with Crippen molar-refractivity contribution in [2.75, 3.05) is 6.26 Å². The fourth-order valence-electron chi connectivity index (χ4n) is 0.348. The van der Waals surface area contributed by atoms with E-state index in [2.05, 4.69) is 30.8 Å². The van der Waals surface area contributed by atoms with Gasteiger partial charge in [0, 0.05) is 11.5 Å². The van der Waals surface area contributed by atoms with Crippen LogP contribution >= 0.6 is 24.4 Å². The van der Waals surface area contributed by atoms with E-state index in [1.807, 2.05) is 20.1 Å². The summed E-state index contributed by atoms with van der Waals surface area (Å²) in [7, 11) is 0. The molecule has 0 aliphatic heterocycles. The molecule has 0 aromatic rings. The van der Waals surface area contributed by atoms with Crippen molar-refractivity contribution in [2.24, 2.45) is 4.99 Å². The first-order valence-electron chi connectivity index (χ1n) is 3.26. The van der Waals surface area contributed by atoms with Crippen molar-refractivity contribution >= 4 is 30.6 Å². The molecule has 0 aliphatic rings. The maximum Gasteiger partial charge on any atom is 0.0970 e. The van der Waals surface area contributed by atoms with Gasteiger partial charge in [0.1, 0.15) is 0 Å². The molecule has 0 saturated carbocycles. The van der Waals surface area contributed by atoms with Crippen molar-refractivity contribution in [2.45, 2.75) is 30.9 Å². The molecule has 1 unspecified atom stereocenters. The van der Waals surface area contributed by atoms with Gasteiger partial charge in [-0.2, -0.15) is 11.8 Å². The molecule has 0 bridgehead atoms. The smallest absolute Gasteiger partial charge is 0.0970 e. The van der Waals surface area contributed by atoms with Gasteiger partial charge in [0.25, 0.3) is 0 Å². The van der Waals surface area contributed by atoms with Crippen LogP contribution < -0.4 is 0 Å². The summed E-state index contributed by atoms with van der Waals surface area (Å²) < 4.78 is 0. The molecule has 0 heterocycles. The molecule has 0 spiro atoms. The first-order chi connectivity index (χ1) is 4.45. The molecular formula is C7H15NS2. The molecule has 60 valence electrons. The van der Waals surface area contributed by atoms with Gasteiger partial charge in [-0.15, -0.1) is 12.6 Å². The molecule has 1 atom stereocenters. The highest BCUT2D eigenvalue weighted by molar-refractivity contribution is 7.99. The van der Waals surface area contributed by atoms with E-state index in [1.54, 1.807) is 11.8 Å². The summed E-state index contributed by atoms with van der Waals surface area (Å²) in [4.78, 5) is 4.03. The Kier molecular flexibility index (Phi) is 4.45. The number of thiol groups is 1. The second-order valence-electron chi connectivity index (χ2n) is 2.71. The van der Waals surface area contributed by atoms with Crippen molar-refractivity contribution < 1.29 is 0 Å². The minimum absolute atomic E-state index is 0.218. The summed E-state index contributed by atoms with van der Waals surface area (Å²) in [6.45, 7) is 6.06.